The number of aliphatic carboxylic acids is 1. The second-order valence-corrected chi connectivity index (χ2v) is 5.80. The molecule has 1 aromatic rings. The average Bonchev–Trinajstić information content (AvgIpc) is 2.88. The highest BCUT2D eigenvalue weighted by molar-refractivity contribution is 7.99. The molecule has 2 N–H and O–H groups in total. The largest absolute Gasteiger partial charge is 0.479 e. The van der Waals surface area contributed by atoms with E-state index in [0.29, 0.717) is 17.7 Å². The highest BCUT2D eigenvalue weighted by Gasteiger charge is 2.43. The molecule has 5 heteroatoms. The number of rotatable bonds is 4. The average molecular weight is 279 g/mol. The van der Waals surface area contributed by atoms with Crippen molar-refractivity contribution < 1.29 is 14.7 Å². The van der Waals surface area contributed by atoms with E-state index in [9.17, 15) is 14.7 Å². The molecular formula is C14H17NO3S. The maximum Gasteiger partial charge on any atom is 0.330 e. The molecule has 2 rings (SSSR count). The minimum Gasteiger partial charge on any atom is -0.479 e. The molecule has 0 aliphatic carbocycles. The van der Waals surface area contributed by atoms with Crippen molar-refractivity contribution in [1.29, 1.82) is 0 Å². The molecule has 0 radical (unpaired) electrons. The Labute approximate surface area is 116 Å². The second-order valence-electron chi connectivity index (χ2n) is 4.69. The molecular weight excluding hydrogens is 262 g/mol. The van der Waals surface area contributed by atoms with Crippen molar-refractivity contribution in [2.45, 2.75) is 25.3 Å². The molecule has 19 heavy (non-hydrogen) atoms. The maximum absolute atomic E-state index is 12.1. The highest BCUT2D eigenvalue weighted by atomic mass is 32.2. The first kappa shape index (κ1) is 13.9. The van der Waals surface area contributed by atoms with Crippen LogP contribution in [0.15, 0.2) is 24.3 Å². The predicted molar refractivity (Wildman–Crippen MR) is 75.6 cm³/mol. The second kappa shape index (κ2) is 5.65. The quantitative estimate of drug-likeness (QED) is 0.884. The van der Waals surface area contributed by atoms with Crippen LogP contribution in [0, 0.1) is 0 Å². The van der Waals surface area contributed by atoms with Gasteiger partial charge in [0.25, 0.3) is 5.91 Å². The van der Waals surface area contributed by atoms with Crippen LogP contribution in [-0.2, 0) is 11.2 Å². The third kappa shape index (κ3) is 2.92. The predicted octanol–water partition coefficient (Wildman–Crippen LogP) is 1.94. The zero-order chi connectivity index (χ0) is 13.9. The number of aryl methyl sites for hydroxylation is 1. The van der Waals surface area contributed by atoms with Crippen LogP contribution in [0.2, 0.25) is 0 Å². The molecule has 4 nitrogen and oxygen atoms in total. The minimum absolute atomic E-state index is 0.312. The van der Waals surface area contributed by atoms with Gasteiger partial charge in [-0.15, -0.1) is 0 Å². The van der Waals surface area contributed by atoms with Gasteiger partial charge in [0.2, 0.25) is 0 Å². The molecule has 1 heterocycles. The van der Waals surface area contributed by atoms with Gasteiger partial charge in [-0.3, -0.25) is 4.79 Å². The molecule has 1 aromatic carbocycles. The van der Waals surface area contributed by atoms with Crippen molar-refractivity contribution in [2.24, 2.45) is 0 Å². The highest BCUT2D eigenvalue weighted by Crippen LogP contribution is 2.28. The molecule has 1 fully saturated rings. The van der Waals surface area contributed by atoms with E-state index in [1.165, 1.54) is 0 Å². The van der Waals surface area contributed by atoms with Gasteiger partial charge >= 0.3 is 5.97 Å². The number of hydrogen-bond donors (Lipinski definition) is 2. The van der Waals surface area contributed by atoms with Crippen molar-refractivity contribution in [3.05, 3.63) is 35.4 Å². The zero-order valence-electron chi connectivity index (χ0n) is 10.8. The maximum atomic E-state index is 12.1. The van der Waals surface area contributed by atoms with E-state index in [2.05, 4.69) is 5.32 Å². The lowest BCUT2D eigenvalue weighted by Crippen LogP contribution is -2.54. The molecule has 1 aliphatic rings. The summed E-state index contributed by atoms with van der Waals surface area (Å²) in [6.45, 7) is 2.05. The van der Waals surface area contributed by atoms with Crippen LogP contribution >= 0.6 is 11.8 Å². The number of carbonyl (C=O) groups excluding carboxylic acids is 1. The minimum atomic E-state index is -1.11. The molecule has 1 atom stereocenters. The SMILES string of the molecule is CCc1ccc(C(=O)NC2(C(=O)O)CCSC2)cc1. The van der Waals surface area contributed by atoms with Gasteiger partial charge in [-0.1, -0.05) is 19.1 Å². The molecule has 102 valence electrons. The fourth-order valence-corrected chi connectivity index (χ4v) is 3.39. The lowest BCUT2D eigenvalue weighted by molar-refractivity contribution is -0.143. The lowest BCUT2D eigenvalue weighted by Gasteiger charge is -2.24. The first-order valence-corrected chi connectivity index (χ1v) is 7.45. The number of hydrogen-bond acceptors (Lipinski definition) is 3. The van der Waals surface area contributed by atoms with Gasteiger partial charge in [0, 0.05) is 11.3 Å². The Hall–Kier alpha value is -1.49. The van der Waals surface area contributed by atoms with Crippen LogP contribution in [-0.4, -0.2) is 34.0 Å². The molecule has 0 saturated carbocycles. The summed E-state index contributed by atoms with van der Waals surface area (Å²) < 4.78 is 0. The number of carbonyl (C=O) groups is 2. The van der Waals surface area contributed by atoms with E-state index in [-0.39, 0.29) is 5.91 Å². The van der Waals surface area contributed by atoms with Gasteiger partial charge in [0.1, 0.15) is 5.54 Å². The summed E-state index contributed by atoms with van der Waals surface area (Å²) in [5, 5.41) is 12.0. The molecule has 1 saturated heterocycles. The van der Waals surface area contributed by atoms with E-state index in [0.717, 1.165) is 17.7 Å². The van der Waals surface area contributed by atoms with E-state index in [1.807, 2.05) is 19.1 Å². The van der Waals surface area contributed by atoms with Crippen LogP contribution in [0.3, 0.4) is 0 Å². The fraction of sp³-hybridized carbons (Fsp3) is 0.429. The van der Waals surface area contributed by atoms with E-state index >= 15 is 0 Å². The number of amides is 1. The summed E-state index contributed by atoms with van der Waals surface area (Å²) in [5.74, 6) is -0.0637. The van der Waals surface area contributed by atoms with Gasteiger partial charge in [-0.25, -0.2) is 4.79 Å². The van der Waals surface area contributed by atoms with E-state index < -0.39 is 11.5 Å². The third-order valence-corrected chi connectivity index (χ3v) is 4.60. The Morgan fingerprint density at radius 3 is 2.53 bits per heavy atom. The standard InChI is InChI=1S/C14H17NO3S/c1-2-10-3-5-11(6-4-10)12(16)15-14(13(17)18)7-8-19-9-14/h3-6H,2,7-9H2,1H3,(H,15,16)(H,17,18). The number of benzene rings is 1. The topological polar surface area (TPSA) is 66.4 Å². The van der Waals surface area contributed by atoms with Gasteiger partial charge in [-0.2, -0.15) is 11.8 Å². The number of carboxylic acids is 1. The summed E-state index contributed by atoms with van der Waals surface area (Å²) >= 11 is 1.56. The van der Waals surface area contributed by atoms with Gasteiger partial charge in [0.05, 0.1) is 0 Å². The van der Waals surface area contributed by atoms with E-state index in [1.54, 1.807) is 23.9 Å². The molecule has 0 bridgehead atoms. The normalized spacial score (nSPS) is 22.2. The van der Waals surface area contributed by atoms with Crippen molar-refractivity contribution in [1.82, 2.24) is 5.32 Å². The summed E-state index contributed by atoms with van der Waals surface area (Å²) in [6.07, 6.45) is 1.39. The van der Waals surface area contributed by atoms with Crippen LogP contribution in [0.1, 0.15) is 29.3 Å². The Morgan fingerprint density at radius 2 is 2.05 bits per heavy atom. The zero-order valence-corrected chi connectivity index (χ0v) is 11.6. The molecule has 1 amide bonds. The Morgan fingerprint density at radius 1 is 1.37 bits per heavy atom. The summed E-state index contributed by atoms with van der Waals surface area (Å²) in [6, 6.07) is 7.27. The lowest BCUT2D eigenvalue weighted by atomic mass is 9.98. The number of nitrogens with one attached hydrogen (secondary N) is 1. The number of thioether (sulfide) groups is 1. The smallest absolute Gasteiger partial charge is 0.330 e. The molecule has 1 unspecified atom stereocenters. The monoisotopic (exact) mass is 279 g/mol. The molecule has 1 aliphatic heterocycles. The Kier molecular flexibility index (Phi) is 4.14. The van der Waals surface area contributed by atoms with E-state index in [4.69, 9.17) is 0 Å². The third-order valence-electron chi connectivity index (χ3n) is 3.41. The van der Waals surface area contributed by atoms with Crippen molar-refractivity contribution in [3.8, 4) is 0 Å². The van der Waals surface area contributed by atoms with Gasteiger partial charge in [-0.05, 0) is 36.3 Å². The summed E-state index contributed by atoms with van der Waals surface area (Å²) in [4.78, 5) is 23.5. The Balaban J connectivity index is 2.13. The Bertz CT molecular complexity index is 478. The van der Waals surface area contributed by atoms with Crippen molar-refractivity contribution >= 4 is 23.6 Å². The first-order chi connectivity index (χ1) is 9.07. The summed E-state index contributed by atoms with van der Waals surface area (Å²) in [5.41, 5.74) is 0.557. The summed E-state index contributed by atoms with van der Waals surface area (Å²) in [7, 11) is 0. The number of carboxylic acid groups (broad SMARTS) is 1. The first-order valence-electron chi connectivity index (χ1n) is 6.30. The molecule has 0 aromatic heterocycles. The van der Waals surface area contributed by atoms with Crippen molar-refractivity contribution in [2.75, 3.05) is 11.5 Å². The van der Waals surface area contributed by atoms with Crippen LogP contribution < -0.4 is 5.32 Å². The van der Waals surface area contributed by atoms with Gasteiger partial charge in [0.15, 0.2) is 0 Å². The van der Waals surface area contributed by atoms with Crippen LogP contribution in [0.25, 0.3) is 0 Å². The fourth-order valence-electron chi connectivity index (χ4n) is 2.07. The van der Waals surface area contributed by atoms with Crippen LogP contribution in [0.5, 0.6) is 0 Å². The van der Waals surface area contributed by atoms with Crippen molar-refractivity contribution in [3.63, 3.8) is 0 Å². The molecule has 0 spiro atoms. The van der Waals surface area contributed by atoms with Crippen LogP contribution in [0.4, 0.5) is 0 Å². The van der Waals surface area contributed by atoms with Gasteiger partial charge < -0.3 is 10.4 Å².